The number of nitrogens with two attached hydrogens (primary N) is 1. The molecule has 0 aromatic carbocycles. The third-order valence-corrected chi connectivity index (χ3v) is 2.98. The second-order valence-corrected chi connectivity index (χ2v) is 4.41. The summed E-state index contributed by atoms with van der Waals surface area (Å²) in [5.41, 5.74) is 5.50. The number of amides is 1. The fraction of sp³-hybridized carbons (Fsp3) is 0.500. The van der Waals surface area contributed by atoms with Gasteiger partial charge in [0.1, 0.15) is 0 Å². The van der Waals surface area contributed by atoms with E-state index in [9.17, 15) is 4.79 Å². The van der Waals surface area contributed by atoms with E-state index in [1.165, 1.54) is 4.88 Å². The van der Waals surface area contributed by atoms with Crippen LogP contribution in [0.4, 0.5) is 0 Å². The number of hydrogen-bond donors (Lipinski definition) is 1. The van der Waals surface area contributed by atoms with Crippen molar-refractivity contribution in [3.8, 4) is 0 Å². The van der Waals surface area contributed by atoms with Gasteiger partial charge in [-0.15, -0.1) is 23.7 Å². The standard InChI is InChI=1S/C10H16N2OS.ClH/c1-8(11)10(13)12(2)6-5-9-4-3-7-14-9;/h3-4,7-8H,5-6,11H2,1-2H3;1H/t8-;/m1./s1. The molecule has 5 heteroatoms. The lowest BCUT2D eigenvalue weighted by molar-refractivity contribution is -0.130. The van der Waals surface area contributed by atoms with E-state index in [-0.39, 0.29) is 18.3 Å². The molecule has 0 fully saturated rings. The molecule has 0 unspecified atom stereocenters. The van der Waals surface area contributed by atoms with Crippen LogP contribution >= 0.6 is 23.7 Å². The quantitative estimate of drug-likeness (QED) is 0.878. The van der Waals surface area contributed by atoms with Crippen LogP contribution in [0, 0.1) is 0 Å². The smallest absolute Gasteiger partial charge is 0.238 e. The van der Waals surface area contributed by atoms with E-state index in [2.05, 4.69) is 6.07 Å². The Kier molecular flexibility index (Phi) is 6.56. The van der Waals surface area contributed by atoms with E-state index in [0.717, 1.165) is 13.0 Å². The van der Waals surface area contributed by atoms with Gasteiger partial charge in [0.15, 0.2) is 0 Å². The Bertz CT molecular complexity index is 288. The van der Waals surface area contributed by atoms with Crippen molar-refractivity contribution in [3.05, 3.63) is 22.4 Å². The van der Waals surface area contributed by atoms with Crippen molar-refractivity contribution >= 4 is 29.7 Å². The van der Waals surface area contributed by atoms with E-state index >= 15 is 0 Å². The molecular formula is C10H17ClN2OS. The van der Waals surface area contributed by atoms with Gasteiger partial charge in [0.05, 0.1) is 6.04 Å². The Labute approximate surface area is 101 Å². The zero-order valence-electron chi connectivity index (χ0n) is 8.97. The molecule has 0 radical (unpaired) electrons. The molecule has 1 rings (SSSR count). The van der Waals surface area contributed by atoms with Crippen molar-refractivity contribution < 1.29 is 4.79 Å². The van der Waals surface area contributed by atoms with Gasteiger partial charge in [-0.25, -0.2) is 0 Å². The number of rotatable bonds is 4. The first-order valence-electron chi connectivity index (χ1n) is 4.64. The minimum absolute atomic E-state index is 0. The average molecular weight is 249 g/mol. The van der Waals surface area contributed by atoms with Crippen LogP contribution in [0.2, 0.25) is 0 Å². The molecular weight excluding hydrogens is 232 g/mol. The number of carbonyl (C=O) groups excluding carboxylic acids is 1. The van der Waals surface area contributed by atoms with E-state index in [0.29, 0.717) is 0 Å². The van der Waals surface area contributed by atoms with Crippen molar-refractivity contribution in [3.63, 3.8) is 0 Å². The summed E-state index contributed by atoms with van der Waals surface area (Å²) >= 11 is 1.72. The summed E-state index contributed by atoms with van der Waals surface area (Å²) in [6, 6.07) is 3.70. The Morgan fingerprint density at radius 1 is 1.67 bits per heavy atom. The molecule has 1 atom stereocenters. The number of likely N-dealkylation sites (N-methyl/N-ethyl adjacent to an activating group) is 1. The maximum Gasteiger partial charge on any atom is 0.238 e. The van der Waals surface area contributed by atoms with Gasteiger partial charge in [-0.3, -0.25) is 4.79 Å². The highest BCUT2D eigenvalue weighted by molar-refractivity contribution is 7.09. The monoisotopic (exact) mass is 248 g/mol. The summed E-state index contributed by atoms with van der Waals surface area (Å²) in [4.78, 5) is 14.4. The van der Waals surface area contributed by atoms with Crippen LogP contribution in [-0.2, 0) is 11.2 Å². The summed E-state index contributed by atoms with van der Waals surface area (Å²) in [5, 5.41) is 2.04. The number of halogens is 1. The minimum atomic E-state index is -0.400. The third-order valence-electron chi connectivity index (χ3n) is 2.04. The number of carbonyl (C=O) groups is 1. The Balaban J connectivity index is 0.00000196. The molecule has 0 saturated carbocycles. The van der Waals surface area contributed by atoms with Gasteiger partial charge >= 0.3 is 0 Å². The summed E-state index contributed by atoms with van der Waals surface area (Å²) in [5.74, 6) is 0.00144. The predicted octanol–water partition coefficient (Wildman–Crippen LogP) is 1.52. The minimum Gasteiger partial charge on any atom is -0.344 e. The maximum atomic E-state index is 11.4. The highest BCUT2D eigenvalue weighted by Crippen LogP contribution is 2.09. The molecule has 0 aliphatic rings. The maximum absolute atomic E-state index is 11.4. The molecule has 0 spiro atoms. The Morgan fingerprint density at radius 2 is 2.33 bits per heavy atom. The second kappa shape index (κ2) is 6.82. The van der Waals surface area contributed by atoms with Gasteiger partial charge < -0.3 is 10.6 Å². The predicted molar refractivity (Wildman–Crippen MR) is 66.6 cm³/mol. The molecule has 86 valence electrons. The van der Waals surface area contributed by atoms with Crippen molar-refractivity contribution in [2.45, 2.75) is 19.4 Å². The van der Waals surface area contributed by atoms with Crippen LogP contribution in [0.3, 0.4) is 0 Å². The number of hydrogen-bond acceptors (Lipinski definition) is 3. The normalized spacial score (nSPS) is 11.7. The van der Waals surface area contributed by atoms with Gasteiger partial charge in [0.2, 0.25) is 5.91 Å². The van der Waals surface area contributed by atoms with Crippen LogP contribution in [0.15, 0.2) is 17.5 Å². The molecule has 0 aliphatic carbocycles. The summed E-state index contributed by atoms with van der Waals surface area (Å²) in [6.45, 7) is 2.45. The molecule has 2 N–H and O–H groups in total. The third kappa shape index (κ3) is 4.64. The SMILES string of the molecule is C[C@@H](N)C(=O)N(C)CCc1cccs1.Cl. The highest BCUT2D eigenvalue weighted by atomic mass is 35.5. The largest absolute Gasteiger partial charge is 0.344 e. The van der Waals surface area contributed by atoms with E-state index < -0.39 is 6.04 Å². The van der Waals surface area contributed by atoms with Crippen LogP contribution in [0.1, 0.15) is 11.8 Å². The van der Waals surface area contributed by atoms with Crippen LogP contribution in [0.5, 0.6) is 0 Å². The molecule has 0 aliphatic heterocycles. The number of thiophene rings is 1. The lowest BCUT2D eigenvalue weighted by Gasteiger charge is -2.18. The Hall–Kier alpha value is -0.580. The second-order valence-electron chi connectivity index (χ2n) is 3.38. The fourth-order valence-corrected chi connectivity index (χ4v) is 1.89. The van der Waals surface area contributed by atoms with Crippen molar-refractivity contribution in [1.29, 1.82) is 0 Å². The first-order valence-corrected chi connectivity index (χ1v) is 5.52. The molecule has 0 bridgehead atoms. The van der Waals surface area contributed by atoms with Crippen LogP contribution in [0.25, 0.3) is 0 Å². The van der Waals surface area contributed by atoms with Gasteiger partial charge in [0, 0.05) is 18.5 Å². The van der Waals surface area contributed by atoms with Crippen molar-refractivity contribution in [2.75, 3.05) is 13.6 Å². The highest BCUT2D eigenvalue weighted by Gasteiger charge is 2.12. The molecule has 15 heavy (non-hydrogen) atoms. The molecule has 1 aromatic heterocycles. The zero-order chi connectivity index (χ0) is 10.6. The van der Waals surface area contributed by atoms with Crippen molar-refractivity contribution in [2.24, 2.45) is 5.73 Å². The first-order chi connectivity index (χ1) is 6.61. The molecule has 3 nitrogen and oxygen atoms in total. The summed E-state index contributed by atoms with van der Waals surface area (Å²) < 4.78 is 0. The van der Waals surface area contributed by atoms with E-state index in [4.69, 9.17) is 5.73 Å². The van der Waals surface area contributed by atoms with E-state index in [1.807, 2.05) is 11.4 Å². The average Bonchev–Trinajstić information content (AvgIpc) is 2.65. The Morgan fingerprint density at radius 3 is 2.80 bits per heavy atom. The molecule has 0 saturated heterocycles. The van der Waals surface area contributed by atoms with Crippen LogP contribution < -0.4 is 5.73 Å². The number of nitrogens with zero attached hydrogens (tertiary/aromatic N) is 1. The lowest BCUT2D eigenvalue weighted by Crippen LogP contribution is -2.40. The van der Waals surface area contributed by atoms with Crippen LogP contribution in [-0.4, -0.2) is 30.4 Å². The summed E-state index contributed by atoms with van der Waals surface area (Å²) in [7, 11) is 1.79. The zero-order valence-corrected chi connectivity index (χ0v) is 10.6. The molecule has 1 heterocycles. The lowest BCUT2D eigenvalue weighted by atomic mass is 10.3. The fourth-order valence-electron chi connectivity index (χ4n) is 1.19. The topological polar surface area (TPSA) is 46.3 Å². The first kappa shape index (κ1) is 14.4. The van der Waals surface area contributed by atoms with Gasteiger partial charge in [-0.05, 0) is 24.8 Å². The molecule has 1 amide bonds. The summed E-state index contributed by atoms with van der Waals surface area (Å²) in [6.07, 6.45) is 0.909. The molecule has 1 aromatic rings. The van der Waals surface area contributed by atoms with Gasteiger partial charge in [-0.1, -0.05) is 6.07 Å². The van der Waals surface area contributed by atoms with Gasteiger partial charge in [0.25, 0.3) is 0 Å². The van der Waals surface area contributed by atoms with Crippen molar-refractivity contribution in [1.82, 2.24) is 4.90 Å². The van der Waals surface area contributed by atoms with E-state index in [1.54, 1.807) is 30.2 Å². The van der Waals surface area contributed by atoms with Gasteiger partial charge in [-0.2, -0.15) is 0 Å².